The molecular weight excluding hydrogens is 264 g/mol. The van der Waals surface area contributed by atoms with Crippen molar-refractivity contribution in [3.05, 3.63) is 48.3 Å². The summed E-state index contributed by atoms with van der Waals surface area (Å²) in [5.41, 5.74) is 3.48. The van der Waals surface area contributed by atoms with E-state index in [1.54, 1.807) is 6.08 Å². The first-order chi connectivity index (χ1) is 10.3. The van der Waals surface area contributed by atoms with Crippen LogP contribution in [-0.2, 0) is 0 Å². The van der Waals surface area contributed by atoms with Crippen LogP contribution in [0.4, 0.5) is 0 Å². The summed E-state index contributed by atoms with van der Waals surface area (Å²) >= 11 is 0. The third kappa shape index (κ3) is 2.14. The van der Waals surface area contributed by atoms with Crippen LogP contribution in [0.1, 0.15) is 31.4 Å². The average Bonchev–Trinajstić information content (AvgIpc) is 3.11. The minimum Gasteiger partial charge on any atom is -0.220 e. The molecule has 1 aromatic carbocycles. The standard InChI is InChI=1S/C15H16N6/c1-4-8-14-12(5-2)16-18-20(14)11(3)21-15-10-7-6-9-13(15)17-19-21/h4-11H,2H2,1,3H3/b8-4-. The summed E-state index contributed by atoms with van der Waals surface area (Å²) in [6.07, 6.45) is 5.48. The summed E-state index contributed by atoms with van der Waals surface area (Å²) < 4.78 is 3.65. The predicted octanol–water partition coefficient (Wildman–Crippen LogP) is 2.77. The van der Waals surface area contributed by atoms with Gasteiger partial charge in [-0.05, 0) is 38.1 Å². The Labute approximate surface area is 122 Å². The Morgan fingerprint density at radius 3 is 2.67 bits per heavy atom. The van der Waals surface area contributed by atoms with E-state index in [1.807, 2.05) is 59.6 Å². The fraction of sp³-hybridized carbons (Fsp3) is 0.200. The van der Waals surface area contributed by atoms with Crippen molar-refractivity contribution in [3.8, 4) is 0 Å². The van der Waals surface area contributed by atoms with Crippen molar-refractivity contribution in [1.82, 2.24) is 30.0 Å². The second-order valence-electron chi connectivity index (χ2n) is 4.66. The van der Waals surface area contributed by atoms with E-state index >= 15 is 0 Å². The SMILES string of the molecule is C=Cc1nnn(C(C)n2nnc3ccccc32)c1/C=C\C. The molecule has 0 saturated carbocycles. The molecule has 106 valence electrons. The molecule has 21 heavy (non-hydrogen) atoms. The van der Waals surface area contributed by atoms with Gasteiger partial charge in [-0.3, -0.25) is 0 Å². The van der Waals surface area contributed by atoms with Crippen molar-refractivity contribution in [3.63, 3.8) is 0 Å². The third-order valence-corrected chi connectivity index (χ3v) is 3.36. The summed E-state index contributed by atoms with van der Waals surface area (Å²) in [4.78, 5) is 0. The molecule has 0 amide bonds. The van der Waals surface area contributed by atoms with Gasteiger partial charge >= 0.3 is 0 Å². The van der Waals surface area contributed by atoms with Crippen molar-refractivity contribution in [1.29, 1.82) is 0 Å². The van der Waals surface area contributed by atoms with Gasteiger partial charge in [0, 0.05) is 0 Å². The van der Waals surface area contributed by atoms with Gasteiger partial charge in [-0.2, -0.15) is 0 Å². The van der Waals surface area contributed by atoms with Gasteiger partial charge in [0.2, 0.25) is 0 Å². The van der Waals surface area contributed by atoms with Crippen LogP contribution in [-0.4, -0.2) is 30.0 Å². The number of nitrogens with zero attached hydrogens (tertiary/aromatic N) is 6. The number of fused-ring (bicyclic) bond motifs is 1. The highest BCUT2D eigenvalue weighted by Gasteiger charge is 2.17. The van der Waals surface area contributed by atoms with Gasteiger partial charge in [0.15, 0.2) is 0 Å². The third-order valence-electron chi connectivity index (χ3n) is 3.36. The molecule has 0 bridgehead atoms. The fourth-order valence-electron chi connectivity index (χ4n) is 2.32. The molecule has 0 saturated heterocycles. The Kier molecular flexibility index (Phi) is 3.35. The number of rotatable bonds is 4. The van der Waals surface area contributed by atoms with Gasteiger partial charge in [-0.25, -0.2) is 9.36 Å². The Hall–Kier alpha value is -2.76. The minimum absolute atomic E-state index is 0.134. The Balaban J connectivity index is 2.12. The lowest BCUT2D eigenvalue weighted by Gasteiger charge is -2.14. The van der Waals surface area contributed by atoms with Crippen molar-refractivity contribution in [2.75, 3.05) is 0 Å². The highest BCUT2D eigenvalue weighted by atomic mass is 15.5. The van der Waals surface area contributed by atoms with E-state index in [0.717, 1.165) is 22.4 Å². The molecule has 2 heterocycles. The molecule has 3 rings (SSSR count). The van der Waals surface area contributed by atoms with E-state index in [9.17, 15) is 0 Å². The lowest BCUT2D eigenvalue weighted by Crippen LogP contribution is -2.18. The van der Waals surface area contributed by atoms with Crippen molar-refractivity contribution < 1.29 is 0 Å². The maximum Gasteiger partial charge on any atom is 0.145 e. The largest absolute Gasteiger partial charge is 0.220 e. The van der Waals surface area contributed by atoms with Crippen LogP contribution in [0, 0.1) is 0 Å². The lowest BCUT2D eigenvalue weighted by molar-refractivity contribution is 0.382. The van der Waals surface area contributed by atoms with Crippen LogP contribution in [0.25, 0.3) is 23.2 Å². The average molecular weight is 280 g/mol. The molecule has 0 aliphatic rings. The topological polar surface area (TPSA) is 61.4 Å². The van der Waals surface area contributed by atoms with Gasteiger partial charge in [0.05, 0.1) is 11.2 Å². The van der Waals surface area contributed by atoms with Crippen LogP contribution in [0.15, 0.2) is 36.9 Å². The quantitative estimate of drug-likeness (QED) is 0.737. The summed E-state index contributed by atoms with van der Waals surface area (Å²) in [6.45, 7) is 7.74. The van der Waals surface area contributed by atoms with E-state index in [-0.39, 0.29) is 6.17 Å². The van der Waals surface area contributed by atoms with Crippen molar-refractivity contribution in [2.45, 2.75) is 20.0 Å². The van der Waals surface area contributed by atoms with Crippen LogP contribution in [0.2, 0.25) is 0 Å². The number of hydrogen-bond donors (Lipinski definition) is 0. The highest BCUT2D eigenvalue weighted by Crippen LogP contribution is 2.20. The Bertz CT molecular complexity index is 811. The summed E-state index contributed by atoms with van der Waals surface area (Å²) in [5.74, 6) is 0. The maximum absolute atomic E-state index is 4.24. The molecule has 0 N–H and O–H groups in total. The van der Waals surface area contributed by atoms with Crippen molar-refractivity contribution in [2.24, 2.45) is 0 Å². The van der Waals surface area contributed by atoms with E-state index in [0.29, 0.717) is 0 Å². The molecule has 6 nitrogen and oxygen atoms in total. The smallest absolute Gasteiger partial charge is 0.145 e. The zero-order valence-electron chi connectivity index (χ0n) is 12.0. The number of benzene rings is 1. The van der Waals surface area contributed by atoms with Crippen molar-refractivity contribution >= 4 is 23.2 Å². The molecule has 3 aromatic rings. The molecule has 0 fully saturated rings. The van der Waals surface area contributed by atoms with Gasteiger partial charge in [-0.15, -0.1) is 10.2 Å². The zero-order valence-corrected chi connectivity index (χ0v) is 12.0. The Morgan fingerprint density at radius 2 is 1.90 bits per heavy atom. The predicted molar refractivity (Wildman–Crippen MR) is 82.5 cm³/mol. The monoisotopic (exact) mass is 280 g/mol. The van der Waals surface area contributed by atoms with Crippen LogP contribution in [0.5, 0.6) is 0 Å². The second kappa shape index (κ2) is 5.32. The molecule has 0 spiro atoms. The van der Waals surface area contributed by atoms with Crippen LogP contribution < -0.4 is 0 Å². The molecule has 1 unspecified atom stereocenters. The number of para-hydroxylation sites is 1. The number of aromatic nitrogens is 6. The second-order valence-corrected chi connectivity index (χ2v) is 4.66. The highest BCUT2D eigenvalue weighted by molar-refractivity contribution is 5.74. The first kappa shape index (κ1) is 13.2. The first-order valence-electron chi connectivity index (χ1n) is 6.76. The molecule has 0 aliphatic carbocycles. The normalized spacial score (nSPS) is 13.0. The lowest BCUT2D eigenvalue weighted by atomic mass is 10.2. The molecule has 2 aromatic heterocycles. The fourth-order valence-corrected chi connectivity index (χ4v) is 2.32. The summed E-state index contributed by atoms with van der Waals surface area (Å²) in [6, 6.07) is 7.85. The van der Waals surface area contributed by atoms with E-state index < -0.39 is 0 Å². The number of hydrogen-bond acceptors (Lipinski definition) is 4. The van der Waals surface area contributed by atoms with Gasteiger partial charge in [0.1, 0.15) is 17.4 Å². The molecular formula is C15H16N6. The molecule has 6 heteroatoms. The van der Waals surface area contributed by atoms with Crippen LogP contribution in [0.3, 0.4) is 0 Å². The molecule has 1 atom stereocenters. The van der Waals surface area contributed by atoms with Crippen LogP contribution >= 0.6 is 0 Å². The summed E-state index contributed by atoms with van der Waals surface area (Å²) in [7, 11) is 0. The maximum atomic E-state index is 4.24. The van der Waals surface area contributed by atoms with E-state index in [4.69, 9.17) is 0 Å². The minimum atomic E-state index is -0.134. The summed E-state index contributed by atoms with van der Waals surface area (Å²) in [5, 5.41) is 16.8. The van der Waals surface area contributed by atoms with Gasteiger partial charge in [0.25, 0.3) is 0 Å². The van der Waals surface area contributed by atoms with Gasteiger partial charge in [-0.1, -0.05) is 35.2 Å². The molecule has 0 aliphatic heterocycles. The van der Waals surface area contributed by atoms with Gasteiger partial charge < -0.3 is 0 Å². The first-order valence-corrected chi connectivity index (χ1v) is 6.76. The number of allylic oxidation sites excluding steroid dienone is 1. The Morgan fingerprint density at radius 1 is 1.14 bits per heavy atom. The van der Waals surface area contributed by atoms with E-state index in [1.165, 1.54) is 0 Å². The zero-order chi connectivity index (χ0) is 14.8. The molecule has 0 radical (unpaired) electrons. The van der Waals surface area contributed by atoms with E-state index in [2.05, 4.69) is 27.2 Å².